The van der Waals surface area contributed by atoms with E-state index in [0.717, 1.165) is 30.2 Å². The number of likely N-dealkylation sites (tertiary alicyclic amines) is 1. The number of rotatable bonds is 3. The Balaban J connectivity index is 1.53. The Bertz CT molecular complexity index is 981. The van der Waals surface area contributed by atoms with Crippen LogP contribution < -0.4 is 0 Å². The molecule has 1 aliphatic heterocycles. The summed E-state index contributed by atoms with van der Waals surface area (Å²) < 4.78 is 19.5. The lowest BCUT2D eigenvalue weighted by Crippen LogP contribution is -2.39. The molecule has 0 unspecified atom stereocenters. The van der Waals surface area contributed by atoms with Gasteiger partial charge < -0.3 is 9.32 Å². The molecule has 1 fully saturated rings. The van der Waals surface area contributed by atoms with Gasteiger partial charge in [-0.1, -0.05) is 23.5 Å². The maximum atomic E-state index is 14.0. The van der Waals surface area contributed by atoms with Crippen LogP contribution in [0.4, 0.5) is 4.39 Å². The zero-order chi connectivity index (χ0) is 19.0. The monoisotopic (exact) mass is 385 g/mol. The fraction of sp³-hybridized carbons (Fsp3) is 0.350. The number of carbonyl (C=O) groups excluding carboxylic acids is 1. The molecule has 4 rings (SSSR count). The molecule has 27 heavy (non-hydrogen) atoms. The predicted octanol–water partition coefficient (Wildman–Crippen LogP) is 4.57. The van der Waals surface area contributed by atoms with Gasteiger partial charge in [-0.15, -0.1) is 10.2 Å². The highest BCUT2D eigenvalue weighted by molar-refractivity contribution is 7.14. The minimum atomic E-state index is -0.300. The third kappa shape index (κ3) is 3.51. The second-order valence-electron chi connectivity index (χ2n) is 6.84. The van der Waals surface area contributed by atoms with Gasteiger partial charge in [0.15, 0.2) is 5.01 Å². The molecule has 0 aliphatic carbocycles. The van der Waals surface area contributed by atoms with Gasteiger partial charge in [-0.05, 0) is 44.9 Å². The van der Waals surface area contributed by atoms with E-state index in [0.29, 0.717) is 28.4 Å². The second kappa shape index (κ2) is 7.23. The van der Waals surface area contributed by atoms with Crippen LogP contribution in [0.25, 0.3) is 10.6 Å². The normalized spacial score (nSPS) is 17.3. The molecule has 5 nitrogen and oxygen atoms in total. The van der Waals surface area contributed by atoms with Crippen LogP contribution in [-0.4, -0.2) is 34.1 Å². The fourth-order valence-electron chi connectivity index (χ4n) is 3.52. The lowest BCUT2D eigenvalue weighted by Gasteiger charge is -2.31. The quantitative estimate of drug-likeness (QED) is 0.662. The van der Waals surface area contributed by atoms with Crippen molar-refractivity contribution >= 4 is 17.2 Å². The highest BCUT2D eigenvalue weighted by atomic mass is 32.1. The number of furan rings is 1. The van der Waals surface area contributed by atoms with E-state index in [1.165, 1.54) is 17.4 Å². The summed E-state index contributed by atoms with van der Waals surface area (Å²) in [5.74, 6) is 1.20. The Kier molecular flexibility index (Phi) is 4.78. The predicted molar refractivity (Wildman–Crippen MR) is 101 cm³/mol. The first-order valence-electron chi connectivity index (χ1n) is 8.97. The van der Waals surface area contributed by atoms with Gasteiger partial charge in [0.2, 0.25) is 0 Å². The largest absolute Gasteiger partial charge is 0.466 e. The highest BCUT2D eigenvalue weighted by Crippen LogP contribution is 2.34. The average Bonchev–Trinajstić information content (AvgIpc) is 3.28. The van der Waals surface area contributed by atoms with Crippen LogP contribution in [0.2, 0.25) is 0 Å². The van der Waals surface area contributed by atoms with Crippen LogP contribution in [0, 0.1) is 19.7 Å². The van der Waals surface area contributed by atoms with Crippen LogP contribution >= 0.6 is 11.3 Å². The Morgan fingerprint density at radius 1 is 1.30 bits per heavy atom. The van der Waals surface area contributed by atoms with Crippen molar-refractivity contribution in [2.45, 2.75) is 32.6 Å². The molecular weight excluding hydrogens is 365 g/mol. The van der Waals surface area contributed by atoms with Crippen molar-refractivity contribution in [3.63, 3.8) is 0 Å². The zero-order valence-electron chi connectivity index (χ0n) is 15.2. The fourth-order valence-corrected chi connectivity index (χ4v) is 4.52. The van der Waals surface area contributed by atoms with E-state index in [4.69, 9.17) is 4.42 Å². The van der Waals surface area contributed by atoms with E-state index in [-0.39, 0.29) is 17.6 Å². The second-order valence-corrected chi connectivity index (χ2v) is 7.85. The zero-order valence-corrected chi connectivity index (χ0v) is 16.1. The SMILES string of the molecule is Cc1cc(C(=O)N2CCC[C@H](c3nnc(-c4ccccc4F)s3)C2)c(C)o1. The number of piperidine rings is 1. The number of hydrogen-bond donors (Lipinski definition) is 0. The maximum Gasteiger partial charge on any atom is 0.257 e. The summed E-state index contributed by atoms with van der Waals surface area (Å²) in [6.45, 7) is 4.97. The number of benzene rings is 1. The van der Waals surface area contributed by atoms with Crippen molar-refractivity contribution in [1.29, 1.82) is 0 Å². The molecule has 3 aromatic rings. The maximum absolute atomic E-state index is 14.0. The smallest absolute Gasteiger partial charge is 0.257 e. The van der Waals surface area contributed by atoms with Gasteiger partial charge >= 0.3 is 0 Å². The first-order chi connectivity index (χ1) is 13.0. The molecule has 1 saturated heterocycles. The minimum absolute atomic E-state index is 0.00658. The third-order valence-corrected chi connectivity index (χ3v) is 5.99. The van der Waals surface area contributed by atoms with E-state index in [1.54, 1.807) is 24.3 Å². The number of halogens is 1. The van der Waals surface area contributed by atoms with Gasteiger partial charge in [-0.2, -0.15) is 0 Å². The van der Waals surface area contributed by atoms with Crippen LogP contribution in [0.15, 0.2) is 34.7 Å². The summed E-state index contributed by atoms with van der Waals surface area (Å²) in [4.78, 5) is 14.7. The van der Waals surface area contributed by atoms with Crippen molar-refractivity contribution < 1.29 is 13.6 Å². The lowest BCUT2D eigenvalue weighted by molar-refractivity contribution is 0.0705. The lowest BCUT2D eigenvalue weighted by atomic mass is 9.98. The standard InChI is InChI=1S/C20H20FN3O2S/c1-12-10-16(13(2)26-12)20(25)24-9-5-6-14(11-24)18-22-23-19(27-18)15-7-3-4-8-17(15)21/h3-4,7-8,10,14H,5-6,9,11H2,1-2H3/t14-/m0/s1. The number of carbonyl (C=O) groups is 1. The molecule has 1 aliphatic rings. The number of aromatic nitrogens is 2. The molecule has 140 valence electrons. The van der Waals surface area contributed by atoms with Crippen molar-refractivity contribution in [1.82, 2.24) is 15.1 Å². The first-order valence-corrected chi connectivity index (χ1v) is 9.79. The summed E-state index contributed by atoms with van der Waals surface area (Å²) >= 11 is 1.40. The van der Waals surface area contributed by atoms with E-state index < -0.39 is 0 Å². The molecule has 1 atom stereocenters. The summed E-state index contributed by atoms with van der Waals surface area (Å²) in [6, 6.07) is 8.37. The van der Waals surface area contributed by atoms with Crippen LogP contribution in [0.1, 0.15) is 45.6 Å². The number of amides is 1. The number of aryl methyl sites for hydroxylation is 2. The van der Waals surface area contributed by atoms with Gasteiger partial charge in [-0.3, -0.25) is 4.79 Å². The summed E-state index contributed by atoms with van der Waals surface area (Å²) in [7, 11) is 0. The Hall–Kier alpha value is -2.54. The van der Waals surface area contributed by atoms with Gasteiger partial charge in [0.05, 0.1) is 5.56 Å². The minimum Gasteiger partial charge on any atom is -0.466 e. The topological polar surface area (TPSA) is 59.2 Å². The Morgan fingerprint density at radius 3 is 2.85 bits per heavy atom. The van der Waals surface area contributed by atoms with Crippen molar-refractivity contribution in [3.8, 4) is 10.6 Å². The molecule has 0 radical (unpaired) electrons. The molecule has 1 aromatic carbocycles. The van der Waals surface area contributed by atoms with Crippen molar-refractivity contribution in [3.05, 3.63) is 58.2 Å². The van der Waals surface area contributed by atoms with E-state index in [9.17, 15) is 9.18 Å². The van der Waals surface area contributed by atoms with Gasteiger partial charge in [-0.25, -0.2) is 4.39 Å². The number of nitrogens with zero attached hydrogens (tertiary/aromatic N) is 3. The third-order valence-electron chi connectivity index (χ3n) is 4.87. The Morgan fingerprint density at radius 2 is 2.11 bits per heavy atom. The molecule has 2 aromatic heterocycles. The molecule has 0 spiro atoms. The van der Waals surface area contributed by atoms with Crippen LogP contribution in [0.5, 0.6) is 0 Å². The van der Waals surface area contributed by atoms with Crippen molar-refractivity contribution in [2.24, 2.45) is 0 Å². The summed E-state index contributed by atoms with van der Waals surface area (Å²) in [5.41, 5.74) is 1.09. The van der Waals surface area contributed by atoms with Crippen LogP contribution in [0.3, 0.4) is 0 Å². The molecule has 0 N–H and O–H groups in total. The van der Waals surface area contributed by atoms with E-state index in [1.807, 2.05) is 18.7 Å². The summed E-state index contributed by atoms with van der Waals surface area (Å²) in [5, 5.41) is 9.90. The highest BCUT2D eigenvalue weighted by Gasteiger charge is 2.29. The molecule has 3 heterocycles. The van der Waals surface area contributed by atoms with E-state index in [2.05, 4.69) is 10.2 Å². The summed E-state index contributed by atoms with van der Waals surface area (Å²) in [6.07, 6.45) is 1.85. The van der Waals surface area contributed by atoms with Gasteiger partial charge in [0.25, 0.3) is 5.91 Å². The van der Waals surface area contributed by atoms with Gasteiger partial charge in [0, 0.05) is 24.6 Å². The van der Waals surface area contributed by atoms with Crippen LogP contribution in [-0.2, 0) is 0 Å². The van der Waals surface area contributed by atoms with Crippen molar-refractivity contribution in [2.75, 3.05) is 13.1 Å². The molecule has 0 saturated carbocycles. The van der Waals surface area contributed by atoms with E-state index >= 15 is 0 Å². The molecule has 7 heteroatoms. The molecule has 0 bridgehead atoms. The molecular formula is C20H20FN3O2S. The molecule has 1 amide bonds. The first kappa shape index (κ1) is 17.9. The van der Waals surface area contributed by atoms with Gasteiger partial charge in [0.1, 0.15) is 22.3 Å². The average molecular weight is 385 g/mol. The number of hydrogen-bond acceptors (Lipinski definition) is 5. The Labute approximate surface area is 160 Å².